The van der Waals surface area contributed by atoms with Gasteiger partial charge in [0.15, 0.2) is 0 Å². The fraction of sp³-hybridized carbons (Fsp3) is 1.00. The van der Waals surface area contributed by atoms with Gasteiger partial charge in [-0.3, -0.25) is 0 Å². The third-order valence-corrected chi connectivity index (χ3v) is 3.07. The van der Waals surface area contributed by atoms with Crippen molar-refractivity contribution in [3.05, 3.63) is 0 Å². The average Bonchev–Trinajstić information content (AvgIpc) is 1.64. The first-order valence-electron chi connectivity index (χ1n) is 3.18. The van der Waals surface area contributed by atoms with Crippen LogP contribution in [0.2, 0.25) is 0 Å². The lowest BCUT2D eigenvalue weighted by atomic mass is 10.1. The number of hydrogen-bond donors (Lipinski definition) is 0. The summed E-state index contributed by atoms with van der Waals surface area (Å²) in [5, 5.41) is 0. The fourth-order valence-electron chi connectivity index (χ4n) is 0.387. The molecule has 0 N–H and O–H groups in total. The first-order chi connectivity index (χ1) is 3.98. The molecule has 9 heavy (non-hydrogen) atoms. The minimum absolute atomic E-state index is 0.280. The molecule has 0 radical (unpaired) electrons. The quantitative estimate of drug-likeness (QED) is 0.402. The summed E-state index contributed by atoms with van der Waals surface area (Å²) in [4.78, 5) is 0. The van der Waals surface area contributed by atoms with Crippen LogP contribution < -0.4 is 0 Å². The van der Waals surface area contributed by atoms with Crippen LogP contribution in [0, 0.1) is 0 Å². The second-order valence-electron chi connectivity index (χ2n) is 3.29. The minimum atomic E-state index is 0.280. The predicted molar refractivity (Wildman–Crippen MR) is 43.4 cm³/mol. The van der Waals surface area contributed by atoms with E-state index in [0.717, 1.165) is 17.1 Å². The van der Waals surface area contributed by atoms with E-state index in [9.17, 15) is 0 Å². The smallest absolute Gasteiger partial charge is 0.0924 e. The maximum Gasteiger partial charge on any atom is 0.0924 e. The second-order valence-corrected chi connectivity index (χ2v) is 4.37. The monoisotopic (exact) mass is 147 g/mol. The zero-order valence-corrected chi connectivity index (χ0v) is 9.06. The van der Waals surface area contributed by atoms with E-state index < -0.39 is 0 Å². The molecule has 0 aliphatic heterocycles. The Morgan fingerprint density at radius 1 is 1.44 bits per heavy atom. The SMILES string of the molecule is COCN([SiH3])C(C)(C)C. The van der Waals surface area contributed by atoms with E-state index in [1.165, 1.54) is 0 Å². The Bertz CT molecular complexity index is 79.6. The van der Waals surface area contributed by atoms with Gasteiger partial charge >= 0.3 is 0 Å². The molecule has 0 aromatic carbocycles. The van der Waals surface area contributed by atoms with Crippen LogP contribution in [0.5, 0.6) is 0 Å². The van der Waals surface area contributed by atoms with Crippen molar-refractivity contribution in [3.63, 3.8) is 0 Å². The largest absolute Gasteiger partial charge is 0.370 e. The van der Waals surface area contributed by atoms with Gasteiger partial charge in [-0.05, 0) is 20.8 Å². The lowest BCUT2D eigenvalue weighted by Crippen LogP contribution is -2.40. The highest BCUT2D eigenvalue weighted by atomic mass is 28.2. The van der Waals surface area contributed by atoms with Gasteiger partial charge in [0.05, 0.1) is 17.1 Å². The summed E-state index contributed by atoms with van der Waals surface area (Å²) < 4.78 is 7.28. The average molecular weight is 147 g/mol. The van der Waals surface area contributed by atoms with Crippen LogP contribution in [0.1, 0.15) is 20.8 Å². The summed E-state index contributed by atoms with van der Waals surface area (Å²) in [7, 11) is 2.80. The molecule has 0 aliphatic rings. The second kappa shape index (κ2) is 3.34. The molecule has 0 heterocycles. The maximum atomic E-state index is 4.99. The Morgan fingerprint density at radius 3 is 2.00 bits per heavy atom. The maximum absolute atomic E-state index is 4.99. The van der Waals surface area contributed by atoms with Crippen molar-refractivity contribution in [1.82, 2.24) is 4.57 Å². The van der Waals surface area contributed by atoms with E-state index in [1.807, 2.05) is 0 Å². The molecule has 0 amide bonds. The van der Waals surface area contributed by atoms with Crippen LogP contribution in [0.3, 0.4) is 0 Å². The van der Waals surface area contributed by atoms with Gasteiger partial charge in [0.25, 0.3) is 0 Å². The molecule has 0 aromatic heterocycles. The van der Waals surface area contributed by atoms with Crippen molar-refractivity contribution in [3.8, 4) is 0 Å². The molecule has 0 saturated heterocycles. The molecule has 0 bridgehead atoms. The molecule has 0 rings (SSSR count). The Kier molecular flexibility index (Phi) is 3.39. The fourth-order valence-corrected chi connectivity index (χ4v) is 0.645. The molecule has 0 aliphatic carbocycles. The summed E-state index contributed by atoms with van der Waals surface area (Å²) in [6.07, 6.45) is 0. The third kappa shape index (κ3) is 3.67. The van der Waals surface area contributed by atoms with Gasteiger partial charge in [-0.15, -0.1) is 0 Å². The van der Waals surface area contributed by atoms with Crippen molar-refractivity contribution < 1.29 is 4.74 Å². The van der Waals surface area contributed by atoms with Crippen molar-refractivity contribution >= 4 is 10.4 Å². The van der Waals surface area contributed by atoms with E-state index in [-0.39, 0.29) is 5.54 Å². The molecule has 2 nitrogen and oxygen atoms in total. The van der Waals surface area contributed by atoms with E-state index in [0.29, 0.717) is 0 Å². The van der Waals surface area contributed by atoms with Crippen LogP contribution in [-0.4, -0.2) is 34.3 Å². The molecule has 0 aromatic rings. The van der Waals surface area contributed by atoms with Gasteiger partial charge in [0.2, 0.25) is 0 Å². The van der Waals surface area contributed by atoms with Gasteiger partial charge < -0.3 is 9.30 Å². The molecule has 56 valence electrons. The van der Waals surface area contributed by atoms with E-state index in [2.05, 4.69) is 25.3 Å². The highest BCUT2D eigenvalue weighted by Crippen LogP contribution is 2.08. The van der Waals surface area contributed by atoms with Gasteiger partial charge in [-0.1, -0.05) is 0 Å². The Morgan fingerprint density at radius 2 is 1.89 bits per heavy atom. The lowest BCUT2D eigenvalue weighted by molar-refractivity contribution is 0.0720. The van der Waals surface area contributed by atoms with E-state index in [4.69, 9.17) is 4.74 Å². The number of methoxy groups -OCH3 is 1. The van der Waals surface area contributed by atoms with Crippen molar-refractivity contribution in [2.75, 3.05) is 13.8 Å². The predicted octanol–water partition coefficient (Wildman–Crippen LogP) is -0.0288. The lowest BCUT2D eigenvalue weighted by Gasteiger charge is -2.31. The molecule has 0 spiro atoms. The van der Waals surface area contributed by atoms with Crippen molar-refractivity contribution in [2.24, 2.45) is 0 Å². The summed E-state index contributed by atoms with van der Waals surface area (Å²) >= 11 is 0. The summed E-state index contributed by atoms with van der Waals surface area (Å²) in [6, 6.07) is 0. The number of nitrogens with zero attached hydrogens (tertiary/aromatic N) is 1. The Labute approximate surface area is 60.7 Å². The zero-order valence-electron chi connectivity index (χ0n) is 7.06. The molecule has 0 unspecified atom stereocenters. The number of hydrogen-bond acceptors (Lipinski definition) is 2. The molecule has 0 saturated carbocycles. The topological polar surface area (TPSA) is 12.5 Å². The summed E-state index contributed by atoms with van der Waals surface area (Å²) in [5.74, 6) is 0. The Balaban J connectivity index is 3.59. The minimum Gasteiger partial charge on any atom is -0.370 e. The van der Waals surface area contributed by atoms with Gasteiger partial charge in [-0.25, -0.2) is 0 Å². The van der Waals surface area contributed by atoms with Crippen LogP contribution >= 0.6 is 0 Å². The summed E-state index contributed by atoms with van der Waals surface area (Å²) in [5.41, 5.74) is 0.280. The van der Waals surface area contributed by atoms with Crippen molar-refractivity contribution in [1.29, 1.82) is 0 Å². The normalized spacial score (nSPS) is 13.0. The van der Waals surface area contributed by atoms with Crippen molar-refractivity contribution in [2.45, 2.75) is 26.3 Å². The van der Waals surface area contributed by atoms with Crippen LogP contribution in [0.4, 0.5) is 0 Å². The standard InChI is InChI=1S/C6H17NOSi/c1-6(2,3)7(9)5-8-4/h5H2,1-4,9H3. The molecular weight excluding hydrogens is 130 g/mol. The van der Waals surface area contributed by atoms with Crippen LogP contribution in [0.15, 0.2) is 0 Å². The number of ether oxygens (including phenoxy) is 1. The van der Waals surface area contributed by atoms with Crippen LogP contribution in [0.25, 0.3) is 0 Å². The van der Waals surface area contributed by atoms with Gasteiger partial charge in [-0.2, -0.15) is 0 Å². The van der Waals surface area contributed by atoms with E-state index >= 15 is 0 Å². The molecule has 3 heteroatoms. The summed E-state index contributed by atoms with van der Waals surface area (Å²) in [6.45, 7) is 7.34. The molecule has 0 fully saturated rings. The highest BCUT2D eigenvalue weighted by molar-refractivity contribution is 6.04. The Hall–Kier alpha value is 0.137. The first-order valence-corrected chi connectivity index (χ1v) is 4.08. The van der Waals surface area contributed by atoms with Gasteiger partial charge in [0.1, 0.15) is 0 Å². The third-order valence-electron chi connectivity index (χ3n) is 1.47. The number of rotatable bonds is 2. The highest BCUT2D eigenvalue weighted by Gasteiger charge is 2.14. The van der Waals surface area contributed by atoms with E-state index in [1.54, 1.807) is 7.11 Å². The van der Waals surface area contributed by atoms with Gasteiger partial charge in [0, 0.05) is 12.6 Å². The molecular formula is C6H17NOSi. The zero-order chi connectivity index (χ0) is 7.49. The first kappa shape index (κ1) is 9.14. The molecule has 0 atom stereocenters. The van der Waals surface area contributed by atoms with Crippen LogP contribution in [-0.2, 0) is 4.74 Å².